The highest BCUT2D eigenvalue weighted by Crippen LogP contribution is 2.39. The van der Waals surface area contributed by atoms with Crippen molar-refractivity contribution < 1.29 is 14.3 Å². The second-order valence-electron chi connectivity index (χ2n) is 8.07. The fourth-order valence-electron chi connectivity index (χ4n) is 4.55. The Labute approximate surface area is 189 Å². The highest BCUT2D eigenvalue weighted by molar-refractivity contribution is 9.09. The molecule has 30 heavy (non-hydrogen) atoms. The number of alkyl halides is 1. The van der Waals surface area contributed by atoms with E-state index in [-0.39, 0.29) is 17.7 Å². The molecular weight excluding hydrogens is 444 g/mol. The Hall–Kier alpha value is -1.56. The quantitative estimate of drug-likeness (QED) is 0.298. The molecule has 1 aliphatic carbocycles. The summed E-state index contributed by atoms with van der Waals surface area (Å²) < 4.78 is 11.6. The van der Waals surface area contributed by atoms with Gasteiger partial charge in [0, 0.05) is 29.3 Å². The first kappa shape index (κ1) is 23.1. The predicted octanol–water partition coefficient (Wildman–Crippen LogP) is 5.79. The molecule has 0 aromatic heterocycles. The number of unbranched alkanes of at least 4 members (excludes halogenated alkanes) is 3. The van der Waals surface area contributed by atoms with Crippen molar-refractivity contribution in [2.75, 3.05) is 25.1 Å². The van der Waals surface area contributed by atoms with Crippen LogP contribution in [0.3, 0.4) is 0 Å². The first-order chi connectivity index (χ1) is 14.7. The second-order valence-corrected chi connectivity index (χ2v) is 8.87. The van der Waals surface area contributed by atoms with Gasteiger partial charge in [0.15, 0.2) is 11.5 Å². The van der Waals surface area contributed by atoms with Gasteiger partial charge < -0.3 is 9.47 Å². The fraction of sp³-hybridized carbons (Fsp3) is 0.667. The van der Waals surface area contributed by atoms with Gasteiger partial charge in [-0.05, 0) is 57.7 Å². The molecule has 0 spiro atoms. The van der Waals surface area contributed by atoms with Crippen LogP contribution in [-0.4, -0.2) is 41.7 Å². The summed E-state index contributed by atoms with van der Waals surface area (Å²) in [5.41, 5.74) is 2.10. The average molecular weight is 479 g/mol. The van der Waals surface area contributed by atoms with Crippen LogP contribution in [-0.2, 0) is 4.79 Å². The Morgan fingerprint density at radius 2 is 1.70 bits per heavy atom. The molecule has 0 bridgehead atoms. The summed E-state index contributed by atoms with van der Waals surface area (Å²) in [7, 11) is 0. The molecule has 1 fully saturated rings. The number of nitrogens with zero attached hydrogens (tertiary/aromatic N) is 2. The summed E-state index contributed by atoms with van der Waals surface area (Å²) in [4.78, 5) is 13.1. The maximum absolute atomic E-state index is 13.1. The Bertz CT molecular complexity index is 737. The molecule has 2 aliphatic rings. The van der Waals surface area contributed by atoms with Gasteiger partial charge in [-0.25, -0.2) is 5.01 Å². The van der Waals surface area contributed by atoms with Crippen LogP contribution >= 0.6 is 15.9 Å². The Morgan fingerprint density at radius 3 is 2.43 bits per heavy atom. The third-order valence-corrected chi connectivity index (χ3v) is 6.57. The van der Waals surface area contributed by atoms with Crippen molar-refractivity contribution in [3.8, 4) is 11.5 Å². The van der Waals surface area contributed by atoms with Crippen molar-refractivity contribution in [2.24, 2.45) is 16.9 Å². The van der Waals surface area contributed by atoms with Crippen LogP contribution in [0, 0.1) is 11.8 Å². The van der Waals surface area contributed by atoms with Gasteiger partial charge in [-0.2, -0.15) is 5.10 Å². The lowest BCUT2D eigenvalue weighted by molar-refractivity contribution is -0.139. The molecule has 5 nitrogen and oxygen atoms in total. The van der Waals surface area contributed by atoms with Crippen LogP contribution in [0.15, 0.2) is 23.3 Å². The van der Waals surface area contributed by atoms with Gasteiger partial charge in [0.2, 0.25) is 5.91 Å². The Balaban J connectivity index is 1.86. The van der Waals surface area contributed by atoms with E-state index in [0.717, 1.165) is 66.6 Å². The lowest BCUT2D eigenvalue weighted by Crippen LogP contribution is -2.46. The molecule has 1 heterocycles. The van der Waals surface area contributed by atoms with E-state index in [1.165, 1.54) is 12.8 Å². The van der Waals surface area contributed by atoms with E-state index >= 15 is 0 Å². The highest BCUT2D eigenvalue weighted by Gasteiger charge is 2.41. The predicted molar refractivity (Wildman–Crippen MR) is 125 cm³/mol. The van der Waals surface area contributed by atoms with Gasteiger partial charge in [0.25, 0.3) is 0 Å². The number of amides is 1. The summed E-state index contributed by atoms with van der Waals surface area (Å²) >= 11 is 3.49. The zero-order valence-corrected chi connectivity index (χ0v) is 20.0. The van der Waals surface area contributed by atoms with Gasteiger partial charge in [-0.3, -0.25) is 4.79 Å². The SMILES string of the molecule is CCOc1ccc(C2=NN(CCCCCCBr)C(=O)C3CCCCC23)cc1OCC. The normalized spacial score (nSPS) is 21.2. The smallest absolute Gasteiger partial charge is 0.246 e. The first-order valence-electron chi connectivity index (χ1n) is 11.5. The van der Waals surface area contributed by atoms with E-state index < -0.39 is 0 Å². The molecule has 1 aromatic carbocycles. The summed E-state index contributed by atoms with van der Waals surface area (Å²) in [5, 5.41) is 7.71. The number of benzene rings is 1. The lowest BCUT2D eigenvalue weighted by atomic mass is 9.73. The minimum absolute atomic E-state index is 0.0657. The largest absolute Gasteiger partial charge is 0.490 e. The minimum Gasteiger partial charge on any atom is -0.490 e. The molecule has 166 valence electrons. The number of carbonyl (C=O) groups is 1. The fourth-order valence-corrected chi connectivity index (χ4v) is 4.95. The first-order valence-corrected chi connectivity index (χ1v) is 12.7. The number of hydrazone groups is 1. The molecule has 6 heteroatoms. The van der Waals surface area contributed by atoms with E-state index in [9.17, 15) is 4.79 Å². The number of carbonyl (C=O) groups excluding carboxylic acids is 1. The molecule has 2 unspecified atom stereocenters. The van der Waals surface area contributed by atoms with Crippen LogP contribution in [0.4, 0.5) is 0 Å². The lowest BCUT2D eigenvalue weighted by Gasteiger charge is -2.38. The van der Waals surface area contributed by atoms with E-state index in [1.54, 1.807) is 5.01 Å². The molecule has 0 radical (unpaired) electrons. The second kappa shape index (κ2) is 11.7. The molecule has 2 atom stereocenters. The maximum atomic E-state index is 13.1. The van der Waals surface area contributed by atoms with E-state index in [1.807, 2.05) is 26.0 Å². The summed E-state index contributed by atoms with van der Waals surface area (Å²) in [6.45, 7) is 5.85. The van der Waals surface area contributed by atoms with E-state index in [2.05, 4.69) is 22.0 Å². The van der Waals surface area contributed by atoms with Gasteiger partial charge >= 0.3 is 0 Å². The molecule has 1 saturated carbocycles. The molecular formula is C24H35BrN2O3. The average Bonchev–Trinajstić information content (AvgIpc) is 2.77. The monoisotopic (exact) mass is 478 g/mol. The van der Waals surface area contributed by atoms with Crippen molar-refractivity contribution in [3.63, 3.8) is 0 Å². The van der Waals surface area contributed by atoms with Crippen molar-refractivity contribution in [1.82, 2.24) is 5.01 Å². The zero-order chi connectivity index (χ0) is 21.3. The number of halogens is 1. The number of rotatable bonds is 11. The van der Waals surface area contributed by atoms with Crippen LogP contribution in [0.1, 0.15) is 70.8 Å². The number of hydrogen-bond acceptors (Lipinski definition) is 4. The molecule has 3 rings (SSSR count). The minimum atomic E-state index is 0.0657. The van der Waals surface area contributed by atoms with Gasteiger partial charge in [-0.15, -0.1) is 0 Å². The van der Waals surface area contributed by atoms with E-state index in [0.29, 0.717) is 19.8 Å². The van der Waals surface area contributed by atoms with Crippen molar-refractivity contribution >= 4 is 27.5 Å². The Kier molecular flexibility index (Phi) is 9.04. The van der Waals surface area contributed by atoms with E-state index in [4.69, 9.17) is 14.6 Å². The number of fused-ring (bicyclic) bond motifs is 1. The highest BCUT2D eigenvalue weighted by atomic mass is 79.9. The van der Waals surface area contributed by atoms with Crippen molar-refractivity contribution in [2.45, 2.75) is 65.2 Å². The molecule has 1 amide bonds. The van der Waals surface area contributed by atoms with Crippen LogP contribution in [0.5, 0.6) is 11.5 Å². The van der Waals surface area contributed by atoms with Crippen LogP contribution in [0.25, 0.3) is 0 Å². The molecule has 1 aliphatic heterocycles. The topological polar surface area (TPSA) is 51.1 Å². The number of ether oxygens (including phenoxy) is 2. The third-order valence-electron chi connectivity index (χ3n) is 6.01. The summed E-state index contributed by atoms with van der Waals surface area (Å²) in [6, 6.07) is 6.09. The summed E-state index contributed by atoms with van der Waals surface area (Å²) in [6.07, 6.45) is 8.80. The maximum Gasteiger partial charge on any atom is 0.246 e. The van der Waals surface area contributed by atoms with Gasteiger partial charge in [-0.1, -0.05) is 41.6 Å². The van der Waals surface area contributed by atoms with Crippen molar-refractivity contribution in [3.05, 3.63) is 23.8 Å². The standard InChI is InChI=1S/C24H35BrN2O3/c1-3-29-21-14-13-18(17-22(21)30-4-2)23-19-11-7-8-12-20(19)24(28)27(26-23)16-10-6-5-9-15-25/h13-14,17,19-20H,3-12,15-16H2,1-2H3. The zero-order valence-electron chi connectivity index (χ0n) is 18.4. The Morgan fingerprint density at radius 1 is 1.00 bits per heavy atom. The van der Waals surface area contributed by atoms with Crippen LogP contribution in [0.2, 0.25) is 0 Å². The van der Waals surface area contributed by atoms with Crippen LogP contribution < -0.4 is 9.47 Å². The number of hydrogen-bond donors (Lipinski definition) is 0. The van der Waals surface area contributed by atoms with Gasteiger partial charge in [0.05, 0.1) is 18.9 Å². The third kappa shape index (κ3) is 5.57. The molecule has 0 saturated heterocycles. The van der Waals surface area contributed by atoms with Gasteiger partial charge in [0.1, 0.15) is 0 Å². The molecule has 0 N–H and O–H groups in total. The molecule has 1 aromatic rings. The van der Waals surface area contributed by atoms with Crippen molar-refractivity contribution in [1.29, 1.82) is 0 Å². The summed E-state index contributed by atoms with van der Waals surface area (Å²) in [5.74, 6) is 2.02.